The zero-order valence-electron chi connectivity index (χ0n) is 16.7. The van der Waals surface area contributed by atoms with Crippen LogP contribution in [-0.4, -0.2) is 14.1 Å². The second kappa shape index (κ2) is 6.20. The molecule has 27 heavy (non-hydrogen) atoms. The molecule has 0 spiro atoms. The molecule has 0 unspecified atom stereocenters. The largest absolute Gasteiger partial charge is 0.276 e. The summed E-state index contributed by atoms with van der Waals surface area (Å²) in [5.41, 5.74) is 3.35. The number of rotatable bonds is 4. The Hall–Kier alpha value is -1.62. The van der Waals surface area contributed by atoms with E-state index < -0.39 is 10.0 Å². The molecule has 0 radical (unpaired) electrons. The number of fused-ring (bicyclic) bond motifs is 3. The fourth-order valence-electron chi connectivity index (χ4n) is 6.23. The first-order valence-corrected chi connectivity index (χ1v) is 11.5. The normalized spacial score (nSPS) is 39.0. The molecule has 146 valence electrons. The first-order chi connectivity index (χ1) is 12.7. The second-order valence-electron chi connectivity index (χ2n) is 9.17. The topological polar surface area (TPSA) is 58.5 Å². The standard InChI is InChI=1S/C22H30N2O2S/c1-13(2)20-18-12-19(22(18,5)17-11-8-15(4)21(17)20)23-24-27(25,26)16-9-6-14(3)7-10-16/h6-7,9-10,15,17-18,20-21,24H,1,8,11-12H2,2-5H3/b23-19+/t15-,17+,18+,20-,21-,22-/m0/s1. The molecule has 3 fully saturated rings. The predicted molar refractivity (Wildman–Crippen MR) is 109 cm³/mol. The van der Waals surface area contributed by atoms with Gasteiger partial charge in [0.05, 0.1) is 4.90 Å². The zero-order chi connectivity index (χ0) is 19.6. The van der Waals surface area contributed by atoms with Crippen LogP contribution in [0.5, 0.6) is 0 Å². The van der Waals surface area contributed by atoms with Gasteiger partial charge in [0, 0.05) is 11.1 Å². The van der Waals surface area contributed by atoms with Crippen LogP contribution in [-0.2, 0) is 10.0 Å². The predicted octanol–water partition coefficient (Wildman–Crippen LogP) is 4.52. The lowest BCUT2D eigenvalue weighted by Crippen LogP contribution is -2.50. The molecule has 1 aromatic rings. The van der Waals surface area contributed by atoms with Gasteiger partial charge in [0.25, 0.3) is 10.0 Å². The molecule has 0 heterocycles. The number of hydrogen-bond donors (Lipinski definition) is 1. The fourth-order valence-corrected chi connectivity index (χ4v) is 7.06. The van der Waals surface area contributed by atoms with E-state index in [4.69, 9.17) is 0 Å². The number of nitrogens with one attached hydrogen (secondary N) is 1. The van der Waals surface area contributed by atoms with Gasteiger partial charge < -0.3 is 0 Å². The van der Waals surface area contributed by atoms with E-state index >= 15 is 0 Å². The summed E-state index contributed by atoms with van der Waals surface area (Å²) in [6.07, 6.45) is 3.35. The molecule has 3 saturated carbocycles. The molecule has 0 bridgehead atoms. The highest BCUT2D eigenvalue weighted by molar-refractivity contribution is 7.89. The average Bonchev–Trinajstić information content (AvgIpc) is 3.06. The number of nitrogens with zero attached hydrogens (tertiary/aromatic N) is 1. The van der Waals surface area contributed by atoms with E-state index in [0.717, 1.165) is 17.7 Å². The second-order valence-corrected chi connectivity index (χ2v) is 10.8. The third kappa shape index (κ3) is 2.69. The average molecular weight is 387 g/mol. The summed E-state index contributed by atoms with van der Waals surface area (Å²) >= 11 is 0. The maximum atomic E-state index is 12.6. The van der Waals surface area contributed by atoms with Crippen LogP contribution in [0.4, 0.5) is 0 Å². The maximum absolute atomic E-state index is 12.6. The van der Waals surface area contributed by atoms with Crippen molar-refractivity contribution in [3.05, 3.63) is 42.0 Å². The van der Waals surface area contributed by atoms with Crippen LogP contribution >= 0.6 is 0 Å². The molecule has 0 aromatic heterocycles. The third-order valence-electron chi connectivity index (χ3n) is 7.68. The summed E-state index contributed by atoms with van der Waals surface area (Å²) in [5, 5.41) is 4.44. The van der Waals surface area contributed by atoms with Crippen molar-refractivity contribution in [2.75, 3.05) is 0 Å². The molecule has 5 heteroatoms. The van der Waals surface area contributed by atoms with Crippen molar-refractivity contribution in [3.8, 4) is 0 Å². The summed E-state index contributed by atoms with van der Waals surface area (Å²) in [7, 11) is -3.62. The number of hydrogen-bond acceptors (Lipinski definition) is 3. The van der Waals surface area contributed by atoms with Gasteiger partial charge >= 0.3 is 0 Å². The van der Waals surface area contributed by atoms with Crippen molar-refractivity contribution in [2.24, 2.45) is 40.1 Å². The van der Waals surface area contributed by atoms with E-state index in [2.05, 4.69) is 37.3 Å². The van der Waals surface area contributed by atoms with E-state index in [1.807, 2.05) is 6.92 Å². The highest BCUT2D eigenvalue weighted by Gasteiger charge is 2.67. The first-order valence-electron chi connectivity index (χ1n) is 9.97. The van der Waals surface area contributed by atoms with Gasteiger partial charge in [-0.1, -0.05) is 50.1 Å². The van der Waals surface area contributed by atoms with Crippen molar-refractivity contribution < 1.29 is 8.42 Å². The smallest absolute Gasteiger partial charge is 0.200 e. The molecule has 0 amide bonds. The van der Waals surface area contributed by atoms with E-state index in [9.17, 15) is 8.42 Å². The van der Waals surface area contributed by atoms with Gasteiger partial charge in [-0.2, -0.15) is 13.5 Å². The molecule has 4 rings (SSSR count). The summed E-state index contributed by atoms with van der Waals surface area (Å²) in [6, 6.07) is 6.87. The number of allylic oxidation sites excluding steroid dienone is 1. The molecule has 6 atom stereocenters. The minimum absolute atomic E-state index is 0.00877. The Kier molecular flexibility index (Phi) is 4.30. The van der Waals surface area contributed by atoms with Crippen molar-refractivity contribution in [3.63, 3.8) is 0 Å². The van der Waals surface area contributed by atoms with Gasteiger partial charge in [-0.15, -0.1) is 0 Å². The Morgan fingerprint density at radius 2 is 1.89 bits per heavy atom. The lowest BCUT2D eigenvalue weighted by molar-refractivity contribution is 0.183. The molecular weight excluding hydrogens is 356 g/mol. The summed E-state index contributed by atoms with van der Waals surface area (Å²) in [4.78, 5) is 2.77. The van der Waals surface area contributed by atoms with E-state index in [1.54, 1.807) is 24.3 Å². The SMILES string of the molecule is C=C(C)[C@@H]1[C@@H]2[C@@H](CC[C@@H]2C)[C@]2(C)/C(=N/NS(=O)(=O)c3ccc(C)cc3)C[C@H]12. The molecule has 0 aliphatic heterocycles. The van der Waals surface area contributed by atoms with E-state index in [0.29, 0.717) is 29.6 Å². The minimum Gasteiger partial charge on any atom is -0.200 e. The van der Waals surface area contributed by atoms with Gasteiger partial charge in [-0.05, 0) is 68.4 Å². The van der Waals surface area contributed by atoms with Crippen molar-refractivity contribution in [1.82, 2.24) is 4.83 Å². The Morgan fingerprint density at radius 3 is 2.52 bits per heavy atom. The van der Waals surface area contributed by atoms with Crippen LogP contribution in [0.3, 0.4) is 0 Å². The lowest BCUT2D eigenvalue weighted by atomic mass is 9.56. The molecule has 1 N–H and O–H groups in total. The fraction of sp³-hybridized carbons (Fsp3) is 0.591. The molecule has 3 aliphatic carbocycles. The van der Waals surface area contributed by atoms with Gasteiger partial charge in [-0.25, -0.2) is 4.83 Å². The summed E-state index contributed by atoms with van der Waals surface area (Å²) < 4.78 is 25.2. The molecule has 3 aliphatic rings. The first kappa shape index (κ1) is 18.7. The van der Waals surface area contributed by atoms with Crippen LogP contribution < -0.4 is 4.83 Å². The van der Waals surface area contributed by atoms with Crippen LogP contribution in [0.2, 0.25) is 0 Å². The highest BCUT2D eigenvalue weighted by atomic mass is 32.2. The number of sulfonamides is 1. The Labute approximate surface area is 163 Å². The van der Waals surface area contributed by atoms with Crippen molar-refractivity contribution in [1.29, 1.82) is 0 Å². The van der Waals surface area contributed by atoms with Gasteiger partial charge in [0.15, 0.2) is 0 Å². The number of hydrazone groups is 1. The minimum atomic E-state index is -3.62. The van der Waals surface area contributed by atoms with Crippen LogP contribution in [0.15, 0.2) is 46.4 Å². The van der Waals surface area contributed by atoms with Gasteiger partial charge in [0.1, 0.15) is 0 Å². The van der Waals surface area contributed by atoms with Gasteiger partial charge in [0.2, 0.25) is 0 Å². The Balaban J connectivity index is 1.60. The maximum Gasteiger partial charge on any atom is 0.276 e. The summed E-state index contributed by atoms with van der Waals surface area (Å²) in [5.74, 6) is 3.07. The number of aryl methyl sites for hydroxylation is 1. The van der Waals surface area contributed by atoms with E-state index in [1.165, 1.54) is 18.4 Å². The Morgan fingerprint density at radius 1 is 1.22 bits per heavy atom. The number of benzene rings is 1. The van der Waals surface area contributed by atoms with Crippen molar-refractivity contribution in [2.45, 2.75) is 51.9 Å². The summed E-state index contributed by atoms with van der Waals surface area (Å²) in [6.45, 7) is 13.1. The molecular formula is C22H30N2O2S. The lowest BCUT2D eigenvalue weighted by Gasteiger charge is -2.48. The van der Waals surface area contributed by atoms with Crippen LogP contribution in [0.1, 0.15) is 45.6 Å². The highest BCUT2D eigenvalue weighted by Crippen LogP contribution is 2.70. The quantitative estimate of drug-likeness (QED) is 0.611. The molecule has 4 nitrogen and oxygen atoms in total. The van der Waals surface area contributed by atoms with Crippen LogP contribution in [0.25, 0.3) is 0 Å². The van der Waals surface area contributed by atoms with Crippen LogP contribution in [0, 0.1) is 41.9 Å². The molecule has 1 aromatic carbocycles. The van der Waals surface area contributed by atoms with E-state index in [-0.39, 0.29) is 10.3 Å². The Bertz CT molecular complexity index is 903. The zero-order valence-corrected chi connectivity index (χ0v) is 17.5. The van der Waals surface area contributed by atoms with Crippen molar-refractivity contribution >= 4 is 15.7 Å². The third-order valence-corrected chi connectivity index (χ3v) is 8.90. The molecule has 0 saturated heterocycles. The van der Waals surface area contributed by atoms with Gasteiger partial charge in [-0.3, -0.25) is 0 Å². The monoisotopic (exact) mass is 386 g/mol.